The van der Waals surface area contributed by atoms with E-state index in [0.717, 1.165) is 38.0 Å². The predicted octanol–water partition coefficient (Wildman–Crippen LogP) is 1.81. The fraction of sp³-hybridized carbons (Fsp3) is 0.500. The van der Waals surface area contributed by atoms with Crippen molar-refractivity contribution in [3.63, 3.8) is 0 Å². The van der Waals surface area contributed by atoms with Crippen LogP contribution in [-0.2, 0) is 13.0 Å². The predicted molar refractivity (Wildman–Crippen MR) is 79.5 cm³/mol. The Kier molecular flexibility index (Phi) is 3.98. The molecule has 20 heavy (non-hydrogen) atoms. The van der Waals surface area contributed by atoms with Crippen LogP contribution in [0.15, 0.2) is 29.2 Å². The minimum absolute atomic E-state index is 0.149. The molecule has 0 saturated carbocycles. The molecule has 4 heterocycles. The van der Waals surface area contributed by atoms with E-state index < -0.39 is 0 Å². The molecular weight excluding hydrogens is 276 g/mol. The maximum atomic E-state index is 11.0. The van der Waals surface area contributed by atoms with Gasteiger partial charge in [-0.15, -0.1) is 0 Å². The van der Waals surface area contributed by atoms with Crippen LogP contribution in [0.4, 0.5) is 0 Å². The Morgan fingerprint density at radius 3 is 3.00 bits per heavy atom. The molecule has 0 amide bonds. The number of hydrazine groups is 1. The minimum atomic E-state index is -0.149. The first-order valence-electron chi connectivity index (χ1n) is 7.10. The highest BCUT2D eigenvalue weighted by atomic mass is 35.5. The van der Waals surface area contributed by atoms with Crippen LogP contribution in [0.3, 0.4) is 0 Å². The lowest BCUT2D eigenvalue weighted by molar-refractivity contribution is 0.308. The van der Waals surface area contributed by atoms with Crippen LogP contribution in [0.2, 0.25) is 5.02 Å². The fourth-order valence-electron chi connectivity index (χ4n) is 2.77. The standard InChI is InChI=1S/C7H9ClN2O.C7H10N2/c8-6-5-3-1-2-4-10(5)9-7(6)11;1-2-6-9-7(3-1)4-5-8-9/h1-4H2,(H,9,11);1-3,6-8H,4-5H2. The summed E-state index contributed by atoms with van der Waals surface area (Å²) in [6.45, 7) is 2.01. The van der Waals surface area contributed by atoms with Crippen molar-refractivity contribution in [2.24, 2.45) is 0 Å². The van der Waals surface area contributed by atoms with E-state index in [4.69, 9.17) is 11.6 Å². The highest BCUT2D eigenvalue weighted by molar-refractivity contribution is 6.31. The van der Waals surface area contributed by atoms with Crippen molar-refractivity contribution in [3.8, 4) is 0 Å². The molecule has 1 atom stereocenters. The number of nitrogens with one attached hydrogen (secondary N) is 2. The molecule has 0 aromatic carbocycles. The molecule has 6 heteroatoms. The third-order valence-electron chi connectivity index (χ3n) is 3.84. The molecule has 1 aromatic heterocycles. The summed E-state index contributed by atoms with van der Waals surface area (Å²) in [6, 6.07) is 0.620. The quantitative estimate of drug-likeness (QED) is 0.767. The van der Waals surface area contributed by atoms with Crippen LogP contribution in [0.25, 0.3) is 0 Å². The second-order valence-electron chi connectivity index (χ2n) is 5.21. The summed E-state index contributed by atoms with van der Waals surface area (Å²) in [6.07, 6.45) is 12.9. The number of hydrogen-bond acceptors (Lipinski definition) is 3. The van der Waals surface area contributed by atoms with Gasteiger partial charge in [0, 0.05) is 19.3 Å². The van der Waals surface area contributed by atoms with Gasteiger partial charge in [-0.25, -0.2) is 5.43 Å². The Labute approximate surface area is 122 Å². The Morgan fingerprint density at radius 1 is 1.30 bits per heavy atom. The third-order valence-corrected chi connectivity index (χ3v) is 4.23. The summed E-state index contributed by atoms with van der Waals surface area (Å²) in [5.74, 6) is 0. The lowest BCUT2D eigenvalue weighted by atomic mass is 10.1. The zero-order valence-electron chi connectivity index (χ0n) is 11.3. The van der Waals surface area contributed by atoms with Gasteiger partial charge in [-0.2, -0.15) is 0 Å². The molecule has 0 aliphatic carbocycles. The van der Waals surface area contributed by atoms with Gasteiger partial charge in [-0.1, -0.05) is 23.8 Å². The number of allylic oxidation sites excluding steroid dienone is 2. The molecule has 1 aromatic rings. The smallest absolute Gasteiger partial charge is 0.283 e. The maximum Gasteiger partial charge on any atom is 0.283 e. The molecule has 108 valence electrons. The van der Waals surface area contributed by atoms with Crippen molar-refractivity contribution in [3.05, 3.63) is 45.5 Å². The minimum Gasteiger partial charge on any atom is -0.309 e. The van der Waals surface area contributed by atoms with Crippen molar-refractivity contribution in [1.29, 1.82) is 0 Å². The zero-order valence-corrected chi connectivity index (χ0v) is 12.1. The number of H-pyrrole nitrogens is 1. The topological polar surface area (TPSA) is 53.1 Å². The molecule has 1 unspecified atom stereocenters. The highest BCUT2D eigenvalue weighted by Crippen LogP contribution is 2.18. The molecule has 3 aliphatic rings. The molecule has 5 nitrogen and oxygen atoms in total. The van der Waals surface area contributed by atoms with Crippen LogP contribution in [0, 0.1) is 0 Å². The summed E-state index contributed by atoms with van der Waals surface area (Å²) >= 11 is 5.76. The number of halogens is 1. The van der Waals surface area contributed by atoms with Gasteiger partial charge in [0.05, 0.1) is 11.7 Å². The van der Waals surface area contributed by atoms with E-state index in [9.17, 15) is 4.79 Å². The van der Waals surface area contributed by atoms with Gasteiger partial charge in [-0.3, -0.25) is 14.6 Å². The van der Waals surface area contributed by atoms with Gasteiger partial charge in [0.15, 0.2) is 0 Å². The van der Waals surface area contributed by atoms with E-state index in [1.807, 2.05) is 4.68 Å². The van der Waals surface area contributed by atoms with E-state index in [1.165, 1.54) is 6.42 Å². The average molecular weight is 295 g/mol. The van der Waals surface area contributed by atoms with E-state index in [2.05, 4.69) is 40.0 Å². The Balaban J connectivity index is 0.000000123. The molecule has 0 bridgehead atoms. The summed E-state index contributed by atoms with van der Waals surface area (Å²) in [5, 5.41) is 5.23. The first kappa shape index (κ1) is 13.5. The average Bonchev–Trinajstić information content (AvgIpc) is 3.06. The number of aryl methyl sites for hydroxylation is 1. The summed E-state index contributed by atoms with van der Waals surface area (Å²) in [5.41, 5.74) is 4.08. The second-order valence-corrected chi connectivity index (χ2v) is 5.59. The van der Waals surface area contributed by atoms with Crippen LogP contribution < -0.4 is 11.0 Å². The van der Waals surface area contributed by atoms with Crippen molar-refractivity contribution in [1.82, 2.24) is 20.2 Å². The molecule has 1 fully saturated rings. The Bertz CT molecular complexity index is 568. The zero-order chi connectivity index (χ0) is 13.9. The molecule has 0 spiro atoms. The first-order chi connectivity index (χ1) is 9.75. The van der Waals surface area contributed by atoms with Gasteiger partial charge in [0.2, 0.25) is 0 Å². The van der Waals surface area contributed by atoms with Crippen LogP contribution in [0.1, 0.15) is 25.0 Å². The first-order valence-corrected chi connectivity index (χ1v) is 7.47. The van der Waals surface area contributed by atoms with Crippen molar-refractivity contribution in [2.75, 3.05) is 6.54 Å². The lowest BCUT2D eigenvalue weighted by Gasteiger charge is -2.20. The van der Waals surface area contributed by atoms with Gasteiger partial charge in [0.25, 0.3) is 5.56 Å². The molecular formula is C14H19ClN4O. The van der Waals surface area contributed by atoms with Crippen molar-refractivity contribution >= 4 is 11.6 Å². The van der Waals surface area contributed by atoms with E-state index in [-0.39, 0.29) is 5.56 Å². The van der Waals surface area contributed by atoms with Crippen LogP contribution >= 0.6 is 11.6 Å². The van der Waals surface area contributed by atoms with Crippen LogP contribution in [0.5, 0.6) is 0 Å². The second kappa shape index (κ2) is 5.89. The summed E-state index contributed by atoms with van der Waals surface area (Å²) in [7, 11) is 0. The molecule has 1 saturated heterocycles. The number of fused-ring (bicyclic) bond motifs is 2. The molecule has 4 rings (SSSR count). The third kappa shape index (κ3) is 2.69. The highest BCUT2D eigenvalue weighted by Gasteiger charge is 2.19. The SMILES string of the molecule is C1=CC2CCNN2C=C1.O=c1[nH]n2c(c1Cl)CCCC2. The largest absolute Gasteiger partial charge is 0.309 e. The van der Waals surface area contributed by atoms with E-state index in [1.54, 1.807) is 0 Å². The number of hydrogen-bond donors (Lipinski definition) is 2. The normalized spacial score (nSPS) is 23.1. The number of nitrogens with zero attached hydrogens (tertiary/aromatic N) is 2. The van der Waals surface area contributed by atoms with E-state index >= 15 is 0 Å². The van der Waals surface area contributed by atoms with Crippen molar-refractivity contribution in [2.45, 2.75) is 38.3 Å². The Hall–Kier alpha value is -1.46. The van der Waals surface area contributed by atoms with E-state index in [0.29, 0.717) is 11.1 Å². The molecule has 3 aliphatic heterocycles. The molecule has 2 N–H and O–H groups in total. The molecule has 0 radical (unpaired) electrons. The summed E-state index contributed by atoms with van der Waals surface area (Å²) < 4.78 is 1.86. The number of rotatable bonds is 0. The van der Waals surface area contributed by atoms with Crippen molar-refractivity contribution < 1.29 is 0 Å². The van der Waals surface area contributed by atoms with Gasteiger partial charge >= 0.3 is 0 Å². The Morgan fingerprint density at radius 2 is 2.20 bits per heavy atom. The lowest BCUT2D eigenvalue weighted by Crippen LogP contribution is -2.31. The number of aromatic nitrogens is 2. The number of aromatic amines is 1. The fourth-order valence-corrected chi connectivity index (χ4v) is 3.01. The van der Waals surface area contributed by atoms with Crippen LogP contribution in [-0.4, -0.2) is 27.4 Å². The summed E-state index contributed by atoms with van der Waals surface area (Å²) in [4.78, 5) is 11.0. The van der Waals surface area contributed by atoms with Gasteiger partial charge in [-0.05, 0) is 31.8 Å². The maximum absolute atomic E-state index is 11.0. The monoisotopic (exact) mass is 294 g/mol. The van der Waals surface area contributed by atoms with Gasteiger partial charge < -0.3 is 5.01 Å². The van der Waals surface area contributed by atoms with Gasteiger partial charge in [0.1, 0.15) is 5.02 Å².